The molecule has 1 aliphatic rings. The minimum absolute atomic E-state index is 0.0169. The van der Waals surface area contributed by atoms with Crippen LogP contribution in [0.2, 0.25) is 5.02 Å². The number of rotatable bonds is 7. The number of nitrogens with one attached hydrogen (secondary N) is 2. The first kappa shape index (κ1) is 33.1. The van der Waals surface area contributed by atoms with Crippen molar-refractivity contribution >= 4 is 35.4 Å². The first-order valence-corrected chi connectivity index (χ1v) is 13.7. The standard InChI is InChI=1S/C29H41ClN2O8/c1-17(2)12-24-27(36)39-22(18(3)15-33)8-7-9-25(34)32-21(14-19-10-11-23(38-6)20(30)13-19)26(35)31-16-29(4,5)28(37)40-24/h7,9-11,13,17-18,21-22,24,33H,8,12,14-16H2,1-6H3,(H,31,35)(H,32,34)/b9-7+/t18-,21-,22?,24+/m1/s1. The molecule has 3 N–H and O–H groups in total. The molecule has 1 heterocycles. The Hall–Kier alpha value is -3.11. The highest BCUT2D eigenvalue weighted by atomic mass is 35.5. The fourth-order valence-corrected chi connectivity index (χ4v) is 4.24. The number of benzene rings is 1. The van der Waals surface area contributed by atoms with E-state index in [2.05, 4.69) is 10.6 Å². The lowest BCUT2D eigenvalue weighted by molar-refractivity contribution is -0.179. The Kier molecular flexibility index (Phi) is 12.4. The van der Waals surface area contributed by atoms with Crippen LogP contribution in [0.15, 0.2) is 30.4 Å². The lowest BCUT2D eigenvalue weighted by Gasteiger charge is -2.29. The number of methoxy groups -OCH3 is 1. The quantitative estimate of drug-likeness (QED) is 0.418. The van der Waals surface area contributed by atoms with Crippen molar-refractivity contribution in [3.63, 3.8) is 0 Å². The summed E-state index contributed by atoms with van der Waals surface area (Å²) >= 11 is 6.25. The molecule has 0 spiro atoms. The zero-order valence-corrected chi connectivity index (χ0v) is 24.7. The number of amides is 2. The van der Waals surface area contributed by atoms with Gasteiger partial charge in [0.05, 0.1) is 17.5 Å². The van der Waals surface area contributed by atoms with Crippen LogP contribution in [-0.4, -0.2) is 67.4 Å². The van der Waals surface area contributed by atoms with E-state index in [0.717, 1.165) is 0 Å². The Morgan fingerprint density at radius 2 is 1.85 bits per heavy atom. The number of cyclic esters (lactones) is 2. The zero-order valence-electron chi connectivity index (χ0n) is 24.0. The number of aliphatic hydroxyl groups is 1. The molecule has 10 nitrogen and oxygen atoms in total. The number of hydrogen-bond acceptors (Lipinski definition) is 8. The van der Waals surface area contributed by atoms with Gasteiger partial charge in [0.25, 0.3) is 0 Å². The normalized spacial score (nSPS) is 24.4. The topological polar surface area (TPSA) is 140 Å². The van der Waals surface area contributed by atoms with Crippen molar-refractivity contribution in [2.24, 2.45) is 17.3 Å². The summed E-state index contributed by atoms with van der Waals surface area (Å²) in [4.78, 5) is 52.2. The summed E-state index contributed by atoms with van der Waals surface area (Å²) in [5.74, 6) is -2.41. The molecule has 1 aromatic rings. The lowest BCUT2D eigenvalue weighted by Crippen LogP contribution is -2.51. The molecule has 222 valence electrons. The van der Waals surface area contributed by atoms with Crippen molar-refractivity contribution in [2.45, 2.75) is 72.1 Å². The monoisotopic (exact) mass is 580 g/mol. The second-order valence-corrected chi connectivity index (χ2v) is 11.5. The highest BCUT2D eigenvalue weighted by Crippen LogP contribution is 2.26. The van der Waals surface area contributed by atoms with Gasteiger partial charge in [0, 0.05) is 31.9 Å². The van der Waals surface area contributed by atoms with Crippen LogP contribution in [-0.2, 0) is 35.1 Å². The second kappa shape index (κ2) is 15.0. The molecule has 0 aliphatic carbocycles. The van der Waals surface area contributed by atoms with Crippen LogP contribution in [0.4, 0.5) is 0 Å². The van der Waals surface area contributed by atoms with Crippen molar-refractivity contribution in [3.05, 3.63) is 40.9 Å². The number of aliphatic hydroxyl groups excluding tert-OH is 1. The second-order valence-electron chi connectivity index (χ2n) is 11.1. The third kappa shape index (κ3) is 9.82. The van der Waals surface area contributed by atoms with E-state index in [0.29, 0.717) is 16.3 Å². The minimum atomic E-state index is -1.20. The molecule has 0 radical (unpaired) electrons. The number of carbonyl (C=O) groups excluding carboxylic acids is 4. The first-order chi connectivity index (χ1) is 18.8. The smallest absolute Gasteiger partial charge is 0.347 e. The summed E-state index contributed by atoms with van der Waals surface area (Å²) in [6.45, 7) is 8.29. The van der Waals surface area contributed by atoms with Crippen LogP contribution < -0.4 is 15.4 Å². The van der Waals surface area contributed by atoms with Crippen LogP contribution in [0, 0.1) is 17.3 Å². The van der Waals surface area contributed by atoms with Crippen molar-refractivity contribution in [2.75, 3.05) is 20.3 Å². The molecular formula is C29H41ClN2O8. The van der Waals surface area contributed by atoms with E-state index in [1.165, 1.54) is 19.3 Å². The highest BCUT2D eigenvalue weighted by Gasteiger charge is 2.37. The SMILES string of the molecule is COc1ccc(C[C@H]2NC(=O)/C=C/CC([C@H](C)CO)OC(=O)[C@H](CC(C)C)OC(=O)C(C)(C)CNC2=O)cc1Cl. The van der Waals surface area contributed by atoms with Gasteiger partial charge >= 0.3 is 11.9 Å². The predicted molar refractivity (Wildman–Crippen MR) is 150 cm³/mol. The Balaban J connectivity index is 2.40. The molecule has 1 unspecified atom stereocenters. The van der Waals surface area contributed by atoms with Crippen LogP contribution >= 0.6 is 11.6 Å². The molecule has 0 fully saturated rings. The zero-order chi connectivity index (χ0) is 30.0. The lowest BCUT2D eigenvalue weighted by atomic mass is 9.93. The van der Waals surface area contributed by atoms with E-state index in [1.54, 1.807) is 39.0 Å². The van der Waals surface area contributed by atoms with Gasteiger partial charge in [-0.3, -0.25) is 14.4 Å². The van der Waals surface area contributed by atoms with Gasteiger partial charge in [-0.05, 0) is 50.0 Å². The molecule has 0 saturated carbocycles. The first-order valence-electron chi connectivity index (χ1n) is 13.4. The van der Waals surface area contributed by atoms with Crippen molar-refractivity contribution in [1.29, 1.82) is 0 Å². The Labute approximate surface area is 240 Å². The fraction of sp³-hybridized carbons (Fsp3) is 0.586. The molecular weight excluding hydrogens is 540 g/mol. The van der Waals surface area contributed by atoms with Crippen LogP contribution in [0.5, 0.6) is 5.75 Å². The molecule has 0 aromatic heterocycles. The van der Waals surface area contributed by atoms with E-state index in [4.69, 9.17) is 25.8 Å². The number of hydrogen-bond donors (Lipinski definition) is 3. The Morgan fingerprint density at radius 3 is 2.45 bits per heavy atom. The Morgan fingerprint density at radius 1 is 1.15 bits per heavy atom. The van der Waals surface area contributed by atoms with E-state index in [-0.39, 0.29) is 38.3 Å². The Bertz CT molecular complexity index is 1090. The van der Waals surface area contributed by atoms with Crippen molar-refractivity contribution < 1.29 is 38.5 Å². The van der Waals surface area contributed by atoms with Crippen LogP contribution in [0.1, 0.15) is 53.0 Å². The van der Waals surface area contributed by atoms with Gasteiger partial charge < -0.3 is 30.0 Å². The number of ether oxygens (including phenoxy) is 3. The van der Waals surface area contributed by atoms with Gasteiger partial charge in [0.1, 0.15) is 17.9 Å². The van der Waals surface area contributed by atoms with Gasteiger partial charge in [-0.2, -0.15) is 0 Å². The maximum atomic E-state index is 13.2. The molecule has 2 rings (SSSR count). The van der Waals surface area contributed by atoms with Crippen molar-refractivity contribution in [3.8, 4) is 5.75 Å². The summed E-state index contributed by atoms with van der Waals surface area (Å²) in [6.07, 6.45) is 1.32. The van der Waals surface area contributed by atoms with Gasteiger partial charge in [0.15, 0.2) is 6.10 Å². The summed E-state index contributed by atoms with van der Waals surface area (Å²) in [5, 5.41) is 15.5. The maximum absolute atomic E-state index is 13.2. The molecule has 2 amide bonds. The molecule has 11 heteroatoms. The average molecular weight is 581 g/mol. The van der Waals surface area contributed by atoms with Gasteiger partial charge in [0.2, 0.25) is 11.8 Å². The molecule has 0 bridgehead atoms. The molecule has 0 saturated heterocycles. The predicted octanol–water partition coefficient (Wildman–Crippen LogP) is 2.98. The maximum Gasteiger partial charge on any atom is 0.347 e. The highest BCUT2D eigenvalue weighted by molar-refractivity contribution is 6.32. The summed E-state index contributed by atoms with van der Waals surface area (Å²) < 4.78 is 16.5. The number of halogens is 1. The molecule has 1 aromatic carbocycles. The summed E-state index contributed by atoms with van der Waals surface area (Å²) in [7, 11) is 1.49. The summed E-state index contributed by atoms with van der Waals surface area (Å²) in [6, 6.07) is 4.08. The fourth-order valence-electron chi connectivity index (χ4n) is 3.96. The van der Waals surface area contributed by atoms with E-state index in [9.17, 15) is 24.3 Å². The largest absolute Gasteiger partial charge is 0.495 e. The third-order valence-corrected chi connectivity index (χ3v) is 6.87. The van der Waals surface area contributed by atoms with Gasteiger partial charge in [-0.25, -0.2) is 4.79 Å². The van der Waals surface area contributed by atoms with Crippen molar-refractivity contribution in [1.82, 2.24) is 10.6 Å². The summed E-state index contributed by atoms with van der Waals surface area (Å²) in [5.41, 5.74) is -0.513. The van der Waals surface area contributed by atoms with E-state index < -0.39 is 53.3 Å². The van der Waals surface area contributed by atoms with E-state index >= 15 is 0 Å². The third-order valence-electron chi connectivity index (χ3n) is 6.57. The minimum Gasteiger partial charge on any atom is -0.495 e. The van der Waals surface area contributed by atoms with E-state index in [1.807, 2.05) is 13.8 Å². The van der Waals surface area contributed by atoms with Crippen LogP contribution in [0.3, 0.4) is 0 Å². The molecule has 1 aliphatic heterocycles. The average Bonchev–Trinajstić information content (AvgIpc) is 2.89. The molecule has 4 atom stereocenters. The number of esters is 2. The molecule has 40 heavy (non-hydrogen) atoms. The van der Waals surface area contributed by atoms with Gasteiger partial charge in [-0.15, -0.1) is 0 Å². The van der Waals surface area contributed by atoms with Gasteiger partial charge in [-0.1, -0.05) is 44.5 Å². The van der Waals surface area contributed by atoms with Crippen LogP contribution in [0.25, 0.3) is 0 Å². The number of carbonyl (C=O) groups is 4.